The molecule has 4 N–H and O–H groups in total. The van der Waals surface area contributed by atoms with E-state index in [9.17, 15) is 35.1 Å². The van der Waals surface area contributed by atoms with Gasteiger partial charge in [-0.05, 0) is 183 Å². The Balaban J connectivity index is 0.000000128. The predicted octanol–water partition coefficient (Wildman–Crippen LogP) is 19.8. The van der Waals surface area contributed by atoms with E-state index < -0.39 is 71.2 Å². The van der Waals surface area contributed by atoms with Crippen LogP contribution in [0.15, 0.2) is 212 Å². The number of aryl methyl sites for hydroxylation is 3. The second-order valence-corrected chi connectivity index (χ2v) is 39.2. The Morgan fingerprint density at radius 2 is 0.456 bits per heavy atom. The number of morpholine rings is 4. The highest BCUT2D eigenvalue weighted by atomic mass is 19.3. The normalized spacial score (nSPS) is 14.5. The van der Waals surface area contributed by atoms with Crippen molar-refractivity contribution in [3.8, 4) is 23.8 Å². The molecule has 17 aromatic rings. The standard InChI is InChI=1S/C29H29F2N7O.3C26H29F2N7O/c1-29(2,18-19-11-12-20-7-3-4-8-21(20)17-19)36-26-33-27(37-13-15-39-16-14-37)35-28(34-26)38-23-10-6-5-9-22(23)32-25(38)24(30)31;3*1-17-8-10-18(11-9-17)16-26(2,3)33-23-30-24(34-12-14-36-15-13-34)32-25(31-23)35-20-7-5-4-6-19(20)29-22(35)21(27)28/h3-12,17,24H,13-16,18H2,1-2H3,(H,33,34,35,36);3*4-11,21H,12-16H2,1-3H3,(H,30,31,32,33). The molecule has 12 heterocycles. The van der Waals surface area contributed by atoms with Gasteiger partial charge >= 0.3 is 0 Å². The van der Waals surface area contributed by atoms with Crippen LogP contribution in [0.2, 0.25) is 0 Å². The molecule has 764 valence electrons. The van der Waals surface area contributed by atoms with Crippen molar-refractivity contribution in [2.24, 2.45) is 0 Å². The van der Waals surface area contributed by atoms with Crippen molar-refractivity contribution in [2.75, 3.05) is 146 Å². The summed E-state index contributed by atoms with van der Waals surface area (Å²) in [5.41, 5.74) is 10.4. The number of para-hydroxylation sites is 8. The van der Waals surface area contributed by atoms with Gasteiger partial charge in [0.15, 0.2) is 23.3 Å². The molecule has 8 aromatic heterocycles. The van der Waals surface area contributed by atoms with Crippen molar-refractivity contribution in [1.82, 2.24) is 98.0 Å². The van der Waals surface area contributed by atoms with E-state index in [2.05, 4.69) is 275 Å². The lowest BCUT2D eigenvalue weighted by Gasteiger charge is -2.29. The molecule has 4 fully saturated rings. The van der Waals surface area contributed by atoms with Crippen LogP contribution < -0.4 is 40.9 Å². The van der Waals surface area contributed by atoms with Crippen molar-refractivity contribution < 1.29 is 54.1 Å². The highest BCUT2D eigenvalue weighted by Gasteiger charge is 2.35. The summed E-state index contributed by atoms with van der Waals surface area (Å²) in [4.78, 5) is 80.2. The number of nitrogens with zero attached hydrogens (tertiary/aromatic N) is 24. The highest BCUT2D eigenvalue weighted by molar-refractivity contribution is 5.84. The molecule has 4 aliphatic heterocycles. The first-order valence-corrected chi connectivity index (χ1v) is 48.9. The molecule has 4 saturated heterocycles. The molecule has 32 nitrogen and oxygen atoms in total. The molecule has 21 rings (SSSR count). The number of imidazole rings is 4. The van der Waals surface area contributed by atoms with Gasteiger partial charge in [0.2, 0.25) is 71.4 Å². The van der Waals surface area contributed by atoms with Crippen LogP contribution in [0.1, 0.15) is 143 Å². The first-order chi connectivity index (χ1) is 70.7. The van der Waals surface area contributed by atoms with E-state index in [1.807, 2.05) is 31.7 Å². The Bertz CT molecular complexity index is 6910. The van der Waals surface area contributed by atoms with Crippen molar-refractivity contribution in [3.05, 3.63) is 275 Å². The highest BCUT2D eigenvalue weighted by Crippen LogP contribution is 2.37. The molecule has 0 unspecified atom stereocenters. The summed E-state index contributed by atoms with van der Waals surface area (Å²) in [6.07, 6.45) is -8.34. The summed E-state index contributed by atoms with van der Waals surface area (Å²) < 4.78 is 140. The first-order valence-electron chi connectivity index (χ1n) is 48.9. The molecule has 0 saturated carbocycles. The van der Waals surface area contributed by atoms with Gasteiger partial charge in [-0.25, -0.2) is 55.1 Å². The van der Waals surface area contributed by atoms with Gasteiger partial charge in [-0.3, -0.25) is 18.3 Å². The van der Waals surface area contributed by atoms with Crippen molar-refractivity contribution in [2.45, 2.75) is 150 Å². The van der Waals surface area contributed by atoms with E-state index in [0.717, 1.165) is 24.8 Å². The largest absolute Gasteiger partial charge is 0.378 e. The Labute approximate surface area is 844 Å². The molecule has 0 atom stereocenters. The zero-order chi connectivity index (χ0) is 103. The van der Waals surface area contributed by atoms with Crippen LogP contribution in [0, 0.1) is 20.8 Å². The van der Waals surface area contributed by atoms with Crippen LogP contribution in [-0.2, 0) is 44.6 Å². The van der Waals surface area contributed by atoms with E-state index in [0.29, 0.717) is 203 Å². The molecule has 0 spiro atoms. The van der Waals surface area contributed by atoms with E-state index in [1.165, 1.54) is 62.4 Å². The number of halogens is 8. The lowest BCUT2D eigenvalue weighted by Crippen LogP contribution is -2.38. The molecule has 4 aliphatic rings. The number of hydrogen-bond acceptors (Lipinski definition) is 28. The van der Waals surface area contributed by atoms with Gasteiger partial charge in [-0.1, -0.05) is 180 Å². The van der Waals surface area contributed by atoms with Gasteiger partial charge in [0.25, 0.3) is 25.7 Å². The van der Waals surface area contributed by atoms with E-state index in [-0.39, 0.29) is 23.8 Å². The minimum absolute atomic E-state index is 0.0968. The minimum atomic E-state index is -2.80. The van der Waals surface area contributed by atoms with Crippen LogP contribution in [-0.4, -0.2) is 225 Å². The monoisotopic (exact) mass is 2010 g/mol. The number of rotatable bonds is 28. The summed E-state index contributed by atoms with van der Waals surface area (Å²) in [6, 6.07) is 67.7. The van der Waals surface area contributed by atoms with Crippen molar-refractivity contribution >= 4 is 102 Å². The first kappa shape index (κ1) is 102. The van der Waals surface area contributed by atoms with E-state index in [1.54, 1.807) is 97.1 Å². The number of hydrogen-bond donors (Lipinski definition) is 4. The molecular formula is C107H116F8N28O4. The Morgan fingerprint density at radius 3 is 0.701 bits per heavy atom. The van der Waals surface area contributed by atoms with Gasteiger partial charge in [-0.2, -0.15) is 59.8 Å². The Kier molecular flexibility index (Phi) is 30.8. The molecule has 0 radical (unpaired) electrons. The van der Waals surface area contributed by atoms with E-state index >= 15 is 0 Å². The van der Waals surface area contributed by atoms with Crippen molar-refractivity contribution in [3.63, 3.8) is 0 Å². The second kappa shape index (κ2) is 44.4. The molecule has 0 amide bonds. The summed E-state index contributed by atoms with van der Waals surface area (Å²) in [6.45, 7) is 31.7. The molecular weight excluding hydrogens is 1890 g/mol. The third kappa shape index (κ3) is 25.0. The van der Waals surface area contributed by atoms with Crippen LogP contribution in [0.4, 0.5) is 82.7 Å². The average molecular weight is 2010 g/mol. The van der Waals surface area contributed by atoms with E-state index in [4.69, 9.17) is 23.9 Å². The Morgan fingerprint density at radius 1 is 0.245 bits per heavy atom. The smallest absolute Gasteiger partial charge is 0.296 e. The van der Waals surface area contributed by atoms with Gasteiger partial charge in [0.05, 0.1) is 97.0 Å². The number of alkyl halides is 8. The molecule has 0 aliphatic carbocycles. The fraction of sp³-hybridized carbons (Fsp3) is 0.364. The summed E-state index contributed by atoms with van der Waals surface area (Å²) in [5.74, 6) is 1.69. The number of nitrogens with one attached hydrogen (secondary N) is 4. The van der Waals surface area contributed by atoms with Gasteiger partial charge < -0.3 is 59.8 Å². The topological polar surface area (TPSA) is 324 Å². The molecule has 40 heteroatoms. The van der Waals surface area contributed by atoms with Gasteiger partial charge in [-0.15, -0.1) is 0 Å². The zero-order valence-electron chi connectivity index (χ0n) is 83.5. The van der Waals surface area contributed by atoms with Crippen LogP contribution in [0.5, 0.6) is 0 Å². The predicted molar refractivity (Wildman–Crippen MR) is 553 cm³/mol. The van der Waals surface area contributed by atoms with Gasteiger partial charge in [0.1, 0.15) is 0 Å². The van der Waals surface area contributed by atoms with Crippen molar-refractivity contribution in [1.29, 1.82) is 0 Å². The average Bonchev–Trinajstić information content (AvgIpc) is 1.64. The number of fused-ring (bicyclic) bond motifs is 5. The Hall–Kier alpha value is -15.2. The summed E-state index contributed by atoms with van der Waals surface area (Å²) in [7, 11) is 0. The lowest BCUT2D eigenvalue weighted by atomic mass is 9.93. The van der Waals surface area contributed by atoms with Gasteiger partial charge in [0, 0.05) is 74.5 Å². The second-order valence-electron chi connectivity index (χ2n) is 39.2. The van der Waals surface area contributed by atoms with Crippen LogP contribution >= 0.6 is 0 Å². The van der Waals surface area contributed by atoms with Crippen LogP contribution in [0.3, 0.4) is 0 Å². The fourth-order valence-corrected chi connectivity index (χ4v) is 18.2. The maximum absolute atomic E-state index is 14.1. The lowest BCUT2D eigenvalue weighted by molar-refractivity contribution is 0.122. The number of aromatic nitrogens is 20. The zero-order valence-corrected chi connectivity index (χ0v) is 83.5. The van der Waals surface area contributed by atoms with Crippen LogP contribution in [0.25, 0.3) is 78.7 Å². The number of anilines is 8. The summed E-state index contributed by atoms with van der Waals surface area (Å²) in [5, 5.41) is 16.1. The number of benzene rings is 9. The molecule has 147 heavy (non-hydrogen) atoms. The summed E-state index contributed by atoms with van der Waals surface area (Å²) >= 11 is 0. The minimum Gasteiger partial charge on any atom is -0.378 e. The molecule has 0 bridgehead atoms. The number of ether oxygens (including phenoxy) is 4. The molecule has 9 aromatic carbocycles. The quantitative estimate of drug-likeness (QED) is 0.0331. The maximum Gasteiger partial charge on any atom is 0.296 e. The fourth-order valence-electron chi connectivity index (χ4n) is 18.2. The SMILES string of the molecule is CC(C)(Cc1ccc2ccccc2c1)Nc1nc(N2CCOCC2)nc(-n2c(C(F)F)nc3ccccc32)n1.Cc1ccc(CC(C)(C)Nc2nc(N3CCOCC3)nc(-n3c(C(F)F)nc4ccccc43)n2)cc1.Cc1ccc(CC(C)(C)Nc2nc(N3CCOCC3)nc(-n3c(C(F)F)nc4ccccc43)n2)cc1.Cc1ccc(CC(C)(C)Nc2nc(N3CCOCC3)nc(-n3c(C(F)F)nc4ccccc43)n2)cc1. The third-order valence-corrected chi connectivity index (χ3v) is 25.1. The maximum atomic E-state index is 14.1. The third-order valence-electron chi connectivity index (χ3n) is 25.1.